The fourth-order valence-corrected chi connectivity index (χ4v) is 10.1. The number of para-hydroxylation sites is 3. The molecule has 0 radical (unpaired) electrons. The Kier molecular flexibility index (Phi) is 8.15. The van der Waals surface area contributed by atoms with E-state index in [-0.39, 0.29) is 0 Å². The van der Waals surface area contributed by atoms with Gasteiger partial charge in [-0.05, 0) is 81.9 Å². The Balaban J connectivity index is 1.21. The second-order valence-corrected chi connectivity index (χ2v) is 15.9. The van der Waals surface area contributed by atoms with Gasteiger partial charge in [-0.3, -0.25) is 4.57 Å². The Morgan fingerprint density at radius 3 is 1.69 bits per heavy atom. The standard InChI is InChI=1S/C57H39N5/c58-56(60-55(38-19-5-1-6-20-38)59-41-23-9-3-10-24-41)62-51-36-35-50-53(45-29-15-18-32-49(45)61(50)42-25-11-4-12-26-42)54(51)46-34-33-40(37-52(46)62)57(39-21-7-2-8-22-39)47-30-16-13-27-43(47)44-28-14-17-31-48(44)57/h1-37H,(H2,58,59,60). The Hall–Kier alpha value is -8.28. The number of nitrogens with two attached hydrogens (primary N) is 1. The Morgan fingerprint density at radius 2 is 0.984 bits per heavy atom. The van der Waals surface area contributed by atoms with Crippen LogP contribution >= 0.6 is 0 Å². The van der Waals surface area contributed by atoms with Gasteiger partial charge in [-0.15, -0.1) is 0 Å². The van der Waals surface area contributed by atoms with Crippen LogP contribution in [0.5, 0.6) is 0 Å². The molecule has 0 fully saturated rings. The van der Waals surface area contributed by atoms with Crippen molar-refractivity contribution in [2.24, 2.45) is 15.7 Å². The lowest BCUT2D eigenvalue weighted by Gasteiger charge is -2.34. The van der Waals surface area contributed by atoms with E-state index in [1.165, 1.54) is 38.6 Å². The first-order valence-corrected chi connectivity index (χ1v) is 21.0. The summed E-state index contributed by atoms with van der Waals surface area (Å²) in [4.78, 5) is 10.3. The zero-order valence-corrected chi connectivity index (χ0v) is 33.7. The van der Waals surface area contributed by atoms with Gasteiger partial charge in [0, 0.05) is 32.8 Å². The average molecular weight is 794 g/mol. The number of benzene rings is 9. The fraction of sp³-hybridized carbons (Fsp3) is 0.0175. The third-order valence-electron chi connectivity index (χ3n) is 12.6. The molecule has 0 saturated carbocycles. The van der Waals surface area contributed by atoms with E-state index in [2.05, 4.69) is 173 Å². The van der Waals surface area contributed by atoms with Crippen molar-refractivity contribution < 1.29 is 0 Å². The van der Waals surface area contributed by atoms with E-state index >= 15 is 0 Å². The third-order valence-corrected chi connectivity index (χ3v) is 12.6. The quantitative estimate of drug-likeness (QED) is 0.137. The van der Waals surface area contributed by atoms with Crippen molar-refractivity contribution >= 4 is 61.1 Å². The molecule has 292 valence electrons. The SMILES string of the molecule is N/C(=N\C(=N/c1ccccc1)c1ccccc1)n1c2cc(C3(c4ccccc4)c4ccccc4-c4ccccc43)ccc2c2c3c4ccccc4n(-c4ccccc4)c3ccc21. The predicted octanol–water partition coefficient (Wildman–Crippen LogP) is 13.2. The Morgan fingerprint density at radius 1 is 0.435 bits per heavy atom. The van der Waals surface area contributed by atoms with Crippen molar-refractivity contribution in [3.8, 4) is 16.8 Å². The minimum atomic E-state index is -0.599. The number of rotatable bonds is 5. The van der Waals surface area contributed by atoms with Crippen molar-refractivity contribution in [1.29, 1.82) is 0 Å². The smallest absolute Gasteiger partial charge is 0.207 e. The third kappa shape index (κ3) is 5.28. The Labute approximate surface area is 359 Å². The molecule has 0 unspecified atom stereocenters. The summed E-state index contributed by atoms with van der Waals surface area (Å²) >= 11 is 0. The minimum Gasteiger partial charge on any atom is -0.369 e. The zero-order chi connectivity index (χ0) is 41.2. The van der Waals surface area contributed by atoms with E-state index < -0.39 is 5.41 Å². The van der Waals surface area contributed by atoms with Crippen LogP contribution in [0.4, 0.5) is 5.69 Å². The molecule has 0 amide bonds. The van der Waals surface area contributed by atoms with Crippen LogP contribution in [0.3, 0.4) is 0 Å². The van der Waals surface area contributed by atoms with Gasteiger partial charge in [0.2, 0.25) is 5.96 Å². The van der Waals surface area contributed by atoms with E-state index in [9.17, 15) is 0 Å². The van der Waals surface area contributed by atoms with Crippen molar-refractivity contribution in [3.05, 3.63) is 252 Å². The lowest BCUT2D eigenvalue weighted by atomic mass is 9.67. The monoisotopic (exact) mass is 793 g/mol. The van der Waals surface area contributed by atoms with Gasteiger partial charge >= 0.3 is 0 Å². The molecule has 5 nitrogen and oxygen atoms in total. The molecular formula is C57H39N5. The lowest BCUT2D eigenvalue weighted by molar-refractivity contribution is 0.769. The highest BCUT2D eigenvalue weighted by atomic mass is 15.2. The summed E-state index contributed by atoms with van der Waals surface area (Å²) < 4.78 is 4.52. The molecule has 0 atom stereocenters. The summed E-state index contributed by atoms with van der Waals surface area (Å²) in [6, 6.07) is 79.5. The van der Waals surface area contributed by atoms with Gasteiger partial charge < -0.3 is 10.3 Å². The van der Waals surface area contributed by atoms with E-state index in [1.807, 2.05) is 60.7 Å². The summed E-state index contributed by atoms with van der Waals surface area (Å²) in [7, 11) is 0. The topological polar surface area (TPSA) is 60.6 Å². The normalized spacial score (nSPS) is 13.5. The van der Waals surface area contributed by atoms with Gasteiger partial charge in [0.1, 0.15) is 0 Å². The van der Waals surface area contributed by atoms with Gasteiger partial charge in [-0.1, -0.05) is 176 Å². The second kappa shape index (κ2) is 14.2. The Bertz CT molecular complexity index is 3520. The molecule has 2 heterocycles. The maximum atomic E-state index is 7.44. The number of hydrogen-bond acceptors (Lipinski definition) is 1. The van der Waals surface area contributed by atoms with Crippen LogP contribution in [-0.2, 0) is 5.41 Å². The maximum Gasteiger partial charge on any atom is 0.207 e. The van der Waals surface area contributed by atoms with Gasteiger partial charge in [0.15, 0.2) is 5.84 Å². The molecule has 2 aromatic heterocycles. The number of amidine groups is 1. The molecule has 0 saturated heterocycles. The molecule has 1 aliphatic carbocycles. The highest BCUT2D eigenvalue weighted by Crippen LogP contribution is 2.56. The molecule has 12 rings (SSSR count). The summed E-state index contributed by atoms with van der Waals surface area (Å²) in [5.41, 5.74) is 21.2. The van der Waals surface area contributed by atoms with E-state index in [0.29, 0.717) is 11.8 Å². The van der Waals surface area contributed by atoms with Crippen molar-refractivity contribution in [2.75, 3.05) is 0 Å². The summed E-state index contributed by atoms with van der Waals surface area (Å²) in [6.45, 7) is 0. The second-order valence-electron chi connectivity index (χ2n) is 15.9. The minimum absolute atomic E-state index is 0.327. The van der Waals surface area contributed by atoms with Gasteiger partial charge in [0.25, 0.3) is 0 Å². The first-order chi connectivity index (χ1) is 30.7. The fourth-order valence-electron chi connectivity index (χ4n) is 10.1. The molecule has 11 aromatic rings. The van der Waals surface area contributed by atoms with Crippen LogP contribution in [0.15, 0.2) is 234 Å². The molecule has 0 aliphatic heterocycles. The van der Waals surface area contributed by atoms with E-state index in [1.54, 1.807) is 0 Å². The molecule has 2 N–H and O–H groups in total. The number of nitrogens with zero attached hydrogens (tertiary/aromatic N) is 4. The highest BCUT2D eigenvalue weighted by Gasteiger charge is 2.46. The number of aliphatic imine (C=N–C) groups is 2. The number of hydrogen-bond donors (Lipinski definition) is 1. The summed E-state index contributed by atoms with van der Waals surface area (Å²) in [5, 5.41) is 4.55. The number of fused-ring (bicyclic) bond motifs is 10. The van der Waals surface area contributed by atoms with Crippen LogP contribution in [0.2, 0.25) is 0 Å². The van der Waals surface area contributed by atoms with Crippen LogP contribution < -0.4 is 5.73 Å². The summed E-state index contributed by atoms with van der Waals surface area (Å²) in [6.07, 6.45) is 0. The average Bonchev–Trinajstić information content (AvgIpc) is 3.96. The zero-order valence-electron chi connectivity index (χ0n) is 33.7. The lowest BCUT2D eigenvalue weighted by Crippen LogP contribution is -2.29. The maximum absolute atomic E-state index is 7.44. The molecule has 1 aliphatic rings. The van der Waals surface area contributed by atoms with Crippen LogP contribution in [0, 0.1) is 0 Å². The molecule has 0 spiro atoms. The molecule has 5 heteroatoms. The highest BCUT2D eigenvalue weighted by molar-refractivity contribution is 6.30. The van der Waals surface area contributed by atoms with Gasteiger partial charge in [-0.2, -0.15) is 4.99 Å². The van der Waals surface area contributed by atoms with Crippen molar-refractivity contribution in [1.82, 2.24) is 9.13 Å². The van der Waals surface area contributed by atoms with Gasteiger partial charge in [0.05, 0.1) is 33.2 Å². The molecule has 62 heavy (non-hydrogen) atoms. The molecule has 0 bridgehead atoms. The largest absolute Gasteiger partial charge is 0.369 e. The van der Waals surface area contributed by atoms with Crippen LogP contribution in [-0.4, -0.2) is 20.9 Å². The molecule has 9 aromatic carbocycles. The van der Waals surface area contributed by atoms with Crippen molar-refractivity contribution in [3.63, 3.8) is 0 Å². The first kappa shape index (κ1) is 35.6. The van der Waals surface area contributed by atoms with Crippen LogP contribution in [0.1, 0.15) is 27.8 Å². The predicted molar refractivity (Wildman–Crippen MR) is 257 cm³/mol. The van der Waals surface area contributed by atoms with Gasteiger partial charge in [-0.25, -0.2) is 4.99 Å². The van der Waals surface area contributed by atoms with Crippen molar-refractivity contribution in [2.45, 2.75) is 5.41 Å². The van der Waals surface area contributed by atoms with Crippen LogP contribution in [0.25, 0.3) is 60.4 Å². The van der Waals surface area contributed by atoms with E-state index in [4.69, 9.17) is 15.7 Å². The molecular weight excluding hydrogens is 755 g/mol. The summed E-state index contributed by atoms with van der Waals surface area (Å²) in [5.74, 6) is 0.856. The number of aromatic nitrogens is 2. The first-order valence-electron chi connectivity index (χ1n) is 21.0. The van der Waals surface area contributed by atoms with E-state index in [0.717, 1.165) is 55.3 Å².